The Kier molecular flexibility index (Phi) is 30.2. The van der Waals surface area contributed by atoms with Gasteiger partial charge in [-0.2, -0.15) is 0 Å². The standard InChI is InChI=1S/2C7H15NO3.C4H6O4.2K/c2*1-8(2,3)5-6(9)4-7(10)11;5-3(6)1-2-4(7)8;;/h2*6,9H,4-5H2,1-3H3;1-2H2,(H,5,6)(H,7,8);;/q;;;2*+1/p-2. The van der Waals surface area contributed by atoms with E-state index in [0.29, 0.717) is 22.1 Å². The Hall–Kier alpha value is 0.993. The van der Waals surface area contributed by atoms with E-state index in [1.165, 1.54) is 0 Å². The first-order valence-corrected chi connectivity index (χ1v) is 9.01. The van der Waals surface area contributed by atoms with Gasteiger partial charge >= 0.3 is 103 Å². The van der Waals surface area contributed by atoms with Crippen molar-refractivity contribution in [1.82, 2.24) is 0 Å². The first-order chi connectivity index (χ1) is 13.2. The minimum Gasteiger partial charge on any atom is -0.550 e. The third-order valence-corrected chi connectivity index (χ3v) is 2.85. The average Bonchev–Trinajstić information content (AvgIpc) is 2.40. The Bertz CT molecular complexity index is 501. The fourth-order valence-corrected chi connectivity index (χ4v) is 1.98. The van der Waals surface area contributed by atoms with Crippen molar-refractivity contribution < 1.29 is 162 Å². The Morgan fingerprint density at radius 2 is 0.812 bits per heavy atom. The van der Waals surface area contributed by atoms with Gasteiger partial charge in [0.05, 0.1) is 42.3 Å². The molecule has 0 aromatic carbocycles. The molecular formula is C18H34K2N2O10. The van der Waals surface area contributed by atoms with Gasteiger partial charge in [0, 0.05) is 36.7 Å². The smallest absolute Gasteiger partial charge is 0.550 e. The van der Waals surface area contributed by atoms with Crippen LogP contribution in [-0.4, -0.2) is 111 Å². The first kappa shape index (κ1) is 43.1. The number of aliphatic hydroxyl groups excluding tert-OH is 2. The summed E-state index contributed by atoms with van der Waals surface area (Å²) in [4.78, 5) is 39.0. The van der Waals surface area contributed by atoms with E-state index in [9.17, 15) is 39.6 Å². The molecule has 0 saturated heterocycles. The van der Waals surface area contributed by atoms with Crippen LogP contribution in [-0.2, 0) is 19.2 Å². The second-order valence-electron chi connectivity index (χ2n) is 8.65. The van der Waals surface area contributed by atoms with Crippen molar-refractivity contribution in [3.63, 3.8) is 0 Å². The maximum atomic E-state index is 10.0. The number of aliphatic carboxylic acids is 4. The van der Waals surface area contributed by atoms with E-state index in [4.69, 9.17) is 10.2 Å². The molecule has 2 N–H and O–H groups in total. The van der Waals surface area contributed by atoms with E-state index >= 15 is 0 Å². The number of aliphatic hydroxyl groups is 2. The summed E-state index contributed by atoms with van der Waals surface area (Å²) in [5.41, 5.74) is 0. The maximum Gasteiger partial charge on any atom is 1.00 e. The SMILES string of the molecule is C[N+](C)(C)CC(O)CC(=O)[O-].C[N+](C)(C)CC(O)CC(=O)[O-].O=C([O-])CCC(=O)[O-].[K+].[K+]. The zero-order valence-electron chi connectivity index (χ0n) is 20.5. The molecule has 14 heteroatoms. The van der Waals surface area contributed by atoms with Gasteiger partial charge in [0.15, 0.2) is 0 Å². The van der Waals surface area contributed by atoms with Gasteiger partial charge in [-0.15, -0.1) is 0 Å². The average molecular weight is 517 g/mol. The van der Waals surface area contributed by atoms with Crippen molar-refractivity contribution in [3.05, 3.63) is 0 Å². The second-order valence-corrected chi connectivity index (χ2v) is 8.65. The monoisotopic (exact) mass is 516 g/mol. The molecule has 0 amide bonds. The third kappa shape index (κ3) is 48.4. The van der Waals surface area contributed by atoms with Gasteiger partial charge in [-0.25, -0.2) is 0 Å². The predicted molar refractivity (Wildman–Crippen MR) is 96.3 cm³/mol. The number of hydrogen-bond acceptors (Lipinski definition) is 10. The Morgan fingerprint density at radius 3 is 0.938 bits per heavy atom. The summed E-state index contributed by atoms with van der Waals surface area (Å²) in [5, 5.41) is 57.3. The molecule has 32 heavy (non-hydrogen) atoms. The Balaban J connectivity index is -0.000000112. The van der Waals surface area contributed by atoms with E-state index < -0.39 is 48.9 Å². The molecule has 0 bridgehead atoms. The van der Waals surface area contributed by atoms with Gasteiger partial charge in [-0.1, -0.05) is 0 Å². The molecule has 0 radical (unpaired) electrons. The molecule has 0 spiro atoms. The van der Waals surface area contributed by atoms with Crippen LogP contribution < -0.4 is 123 Å². The Labute approximate surface area is 274 Å². The number of carbonyl (C=O) groups is 4. The van der Waals surface area contributed by atoms with Crippen LogP contribution in [0.15, 0.2) is 0 Å². The number of rotatable bonds is 11. The van der Waals surface area contributed by atoms with E-state index in [1.54, 1.807) is 0 Å². The van der Waals surface area contributed by atoms with Crippen LogP contribution in [0.3, 0.4) is 0 Å². The van der Waals surface area contributed by atoms with Crippen LogP contribution in [0.25, 0.3) is 0 Å². The minimum absolute atomic E-state index is 0. The minimum atomic E-state index is -1.37. The van der Waals surface area contributed by atoms with Crippen molar-refractivity contribution in [3.8, 4) is 0 Å². The zero-order valence-corrected chi connectivity index (χ0v) is 26.7. The number of hydrogen-bond donors (Lipinski definition) is 2. The van der Waals surface area contributed by atoms with Crippen LogP contribution in [0.4, 0.5) is 0 Å². The molecular weight excluding hydrogens is 482 g/mol. The van der Waals surface area contributed by atoms with Gasteiger partial charge < -0.3 is 58.8 Å². The molecule has 0 saturated carbocycles. The fourth-order valence-electron chi connectivity index (χ4n) is 1.98. The largest absolute Gasteiger partial charge is 1.00 e. The zero-order chi connectivity index (χ0) is 24.7. The molecule has 2 atom stereocenters. The van der Waals surface area contributed by atoms with Gasteiger partial charge in [0.2, 0.25) is 0 Å². The van der Waals surface area contributed by atoms with Gasteiger partial charge in [-0.05, 0) is 12.8 Å². The van der Waals surface area contributed by atoms with E-state index in [0.717, 1.165) is 0 Å². The number of quaternary nitrogens is 2. The second kappa shape index (κ2) is 22.5. The topological polar surface area (TPSA) is 201 Å². The molecule has 0 aliphatic rings. The molecule has 0 fully saturated rings. The van der Waals surface area contributed by atoms with Crippen LogP contribution in [0, 0.1) is 0 Å². The number of carboxylic acids is 4. The summed E-state index contributed by atoms with van der Waals surface area (Å²) < 4.78 is 1.10. The molecule has 0 aromatic rings. The van der Waals surface area contributed by atoms with Gasteiger partial charge in [0.1, 0.15) is 25.3 Å². The van der Waals surface area contributed by atoms with E-state index in [-0.39, 0.29) is 116 Å². The van der Waals surface area contributed by atoms with Crippen molar-refractivity contribution >= 4 is 23.9 Å². The predicted octanol–water partition coefficient (Wildman–Crippen LogP) is -12.3. The van der Waals surface area contributed by atoms with Gasteiger partial charge in [0.25, 0.3) is 0 Å². The van der Waals surface area contributed by atoms with Crippen LogP contribution >= 0.6 is 0 Å². The normalized spacial score (nSPS) is 12.1. The first-order valence-electron chi connectivity index (χ1n) is 9.01. The summed E-state index contributed by atoms with van der Waals surface area (Å²) in [6.45, 7) is 0.849. The number of carbonyl (C=O) groups excluding carboxylic acids is 4. The van der Waals surface area contributed by atoms with Crippen LogP contribution in [0.5, 0.6) is 0 Å². The number of carboxylic acid groups (broad SMARTS) is 4. The summed E-state index contributed by atoms with van der Waals surface area (Å²) >= 11 is 0. The summed E-state index contributed by atoms with van der Waals surface area (Å²) in [6, 6.07) is 0. The molecule has 12 nitrogen and oxygen atoms in total. The van der Waals surface area contributed by atoms with E-state index in [2.05, 4.69) is 0 Å². The summed E-state index contributed by atoms with van der Waals surface area (Å²) in [7, 11) is 11.3. The van der Waals surface area contributed by atoms with Crippen molar-refractivity contribution in [2.75, 3.05) is 55.4 Å². The van der Waals surface area contributed by atoms with Crippen molar-refractivity contribution in [1.29, 1.82) is 0 Å². The van der Waals surface area contributed by atoms with Crippen LogP contribution in [0.1, 0.15) is 25.7 Å². The van der Waals surface area contributed by atoms with E-state index in [1.807, 2.05) is 42.3 Å². The van der Waals surface area contributed by atoms with Crippen LogP contribution in [0.2, 0.25) is 0 Å². The number of nitrogens with zero attached hydrogens (tertiary/aromatic N) is 2. The quantitative estimate of drug-likeness (QED) is 0.196. The maximum absolute atomic E-state index is 10.0. The molecule has 2 unspecified atom stereocenters. The molecule has 0 rings (SSSR count). The summed E-state index contributed by atoms with van der Waals surface area (Å²) in [6.07, 6.45) is -3.12. The Morgan fingerprint density at radius 1 is 0.594 bits per heavy atom. The van der Waals surface area contributed by atoms with Crippen molar-refractivity contribution in [2.24, 2.45) is 0 Å². The van der Waals surface area contributed by atoms with Crippen molar-refractivity contribution in [2.45, 2.75) is 37.9 Å². The molecule has 0 aliphatic carbocycles. The molecule has 0 aromatic heterocycles. The summed E-state index contributed by atoms with van der Waals surface area (Å²) in [5.74, 6) is -5.14. The fraction of sp³-hybridized carbons (Fsp3) is 0.778. The van der Waals surface area contributed by atoms with Gasteiger partial charge in [-0.3, -0.25) is 0 Å². The molecule has 178 valence electrons. The molecule has 0 heterocycles. The number of likely N-dealkylation sites (N-methyl/N-ethyl adjacent to an activating group) is 2. The molecule has 0 aliphatic heterocycles. The third-order valence-electron chi connectivity index (χ3n) is 2.85.